The summed E-state index contributed by atoms with van der Waals surface area (Å²) in [5.74, 6) is 1.57. The number of hydrogen-bond acceptors (Lipinski definition) is 3. The Balaban J connectivity index is 2.51. The van der Waals surface area contributed by atoms with Crippen LogP contribution < -0.4 is 5.32 Å². The van der Waals surface area contributed by atoms with Crippen LogP contribution in [0.4, 0.5) is 0 Å². The van der Waals surface area contributed by atoms with Crippen molar-refractivity contribution < 1.29 is 0 Å². The molecular formula is C13H25N3. The van der Waals surface area contributed by atoms with Crippen molar-refractivity contribution in [2.75, 3.05) is 26.2 Å². The van der Waals surface area contributed by atoms with Gasteiger partial charge in [0, 0.05) is 13.1 Å². The van der Waals surface area contributed by atoms with Crippen LogP contribution in [0.15, 0.2) is 0 Å². The zero-order valence-electron chi connectivity index (χ0n) is 11.1. The average Bonchev–Trinajstić information content (AvgIpc) is 2.24. The molecule has 3 heteroatoms. The van der Waals surface area contributed by atoms with E-state index in [1.54, 1.807) is 0 Å². The lowest BCUT2D eigenvalue weighted by molar-refractivity contribution is 0.118. The predicted octanol–water partition coefficient (Wildman–Crippen LogP) is 1.86. The molecule has 0 bridgehead atoms. The van der Waals surface area contributed by atoms with Gasteiger partial charge in [-0.05, 0) is 38.3 Å². The highest BCUT2D eigenvalue weighted by atomic mass is 15.2. The minimum absolute atomic E-state index is 0.394. The maximum atomic E-state index is 9.23. The minimum Gasteiger partial charge on any atom is -0.300 e. The van der Waals surface area contributed by atoms with E-state index in [-0.39, 0.29) is 0 Å². The molecule has 1 N–H and O–H groups in total. The zero-order chi connectivity index (χ0) is 12.2. The van der Waals surface area contributed by atoms with Gasteiger partial charge in [0.2, 0.25) is 0 Å². The first kappa shape index (κ1) is 13.5. The van der Waals surface area contributed by atoms with Gasteiger partial charge >= 0.3 is 0 Å². The third-order valence-electron chi connectivity index (χ3n) is 3.77. The molecule has 0 amide bonds. The molecule has 1 aliphatic heterocycles. The summed E-state index contributed by atoms with van der Waals surface area (Å²) in [6.45, 7) is 12.6. The van der Waals surface area contributed by atoms with Gasteiger partial charge in [-0.3, -0.25) is 5.32 Å². The molecule has 0 aliphatic carbocycles. The van der Waals surface area contributed by atoms with Crippen molar-refractivity contribution >= 4 is 0 Å². The van der Waals surface area contributed by atoms with Crippen molar-refractivity contribution in [1.29, 1.82) is 5.26 Å². The summed E-state index contributed by atoms with van der Waals surface area (Å²) >= 11 is 0. The van der Waals surface area contributed by atoms with E-state index < -0.39 is 5.54 Å². The molecule has 1 rings (SSSR count). The number of piperidine rings is 1. The van der Waals surface area contributed by atoms with E-state index in [2.05, 4.69) is 37.1 Å². The van der Waals surface area contributed by atoms with Gasteiger partial charge in [-0.15, -0.1) is 0 Å². The van der Waals surface area contributed by atoms with E-state index >= 15 is 0 Å². The Kier molecular flexibility index (Phi) is 4.76. The van der Waals surface area contributed by atoms with Crippen molar-refractivity contribution in [3.8, 4) is 6.07 Å². The number of likely N-dealkylation sites (N-methyl/N-ethyl adjacent to an activating group) is 1. The molecule has 1 fully saturated rings. The van der Waals surface area contributed by atoms with E-state index in [9.17, 15) is 5.26 Å². The maximum absolute atomic E-state index is 9.23. The quantitative estimate of drug-likeness (QED) is 0.790. The van der Waals surface area contributed by atoms with Crippen molar-refractivity contribution in [3.63, 3.8) is 0 Å². The second-order valence-electron chi connectivity index (χ2n) is 5.45. The summed E-state index contributed by atoms with van der Waals surface area (Å²) in [6.07, 6.45) is 1.26. The van der Waals surface area contributed by atoms with Crippen LogP contribution in [0.1, 0.15) is 34.1 Å². The first-order chi connectivity index (χ1) is 7.50. The van der Waals surface area contributed by atoms with Gasteiger partial charge in [-0.25, -0.2) is 0 Å². The molecule has 1 saturated heterocycles. The highest BCUT2D eigenvalue weighted by Crippen LogP contribution is 2.23. The average molecular weight is 223 g/mol. The van der Waals surface area contributed by atoms with Crippen molar-refractivity contribution in [1.82, 2.24) is 10.2 Å². The Labute approximate surface area is 99.8 Å². The zero-order valence-corrected chi connectivity index (χ0v) is 11.1. The third kappa shape index (κ3) is 3.47. The van der Waals surface area contributed by atoms with Gasteiger partial charge in [0.25, 0.3) is 0 Å². The molecule has 1 aliphatic rings. The van der Waals surface area contributed by atoms with Gasteiger partial charge in [0.05, 0.1) is 6.07 Å². The molecule has 0 spiro atoms. The number of hydrogen-bond donors (Lipinski definition) is 1. The minimum atomic E-state index is -0.394. The van der Waals surface area contributed by atoms with Crippen LogP contribution in [-0.4, -0.2) is 36.6 Å². The molecule has 0 aromatic rings. The fourth-order valence-corrected chi connectivity index (χ4v) is 2.46. The Bertz CT molecular complexity index is 258. The van der Waals surface area contributed by atoms with E-state index in [1.807, 2.05) is 6.92 Å². The van der Waals surface area contributed by atoms with Crippen LogP contribution in [0, 0.1) is 23.2 Å². The lowest BCUT2D eigenvalue weighted by Crippen LogP contribution is -2.53. The van der Waals surface area contributed by atoms with Crippen LogP contribution in [0.5, 0.6) is 0 Å². The Morgan fingerprint density at radius 3 is 2.62 bits per heavy atom. The van der Waals surface area contributed by atoms with Crippen LogP contribution in [0.2, 0.25) is 0 Å². The summed E-state index contributed by atoms with van der Waals surface area (Å²) in [5.41, 5.74) is -0.394. The number of rotatable bonds is 4. The standard InChI is InChI=1S/C13H25N3/c1-5-15-13(4,9-14)10-16-7-6-11(2)12(3)8-16/h11-12,15H,5-8,10H2,1-4H3. The Hall–Kier alpha value is -0.590. The molecule has 92 valence electrons. The van der Waals surface area contributed by atoms with Gasteiger partial charge in [-0.2, -0.15) is 5.26 Å². The second kappa shape index (κ2) is 5.65. The summed E-state index contributed by atoms with van der Waals surface area (Å²) in [5, 5.41) is 12.5. The van der Waals surface area contributed by atoms with Crippen LogP contribution in [0.3, 0.4) is 0 Å². The molecule has 16 heavy (non-hydrogen) atoms. The third-order valence-corrected chi connectivity index (χ3v) is 3.77. The molecule has 0 aromatic carbocycles. The number of nitriles is 1. The fourth-order valence-electron chi connectivity index (χ4n) is 2.46. The summed E-state index contributed by atoms with van der Waals surface area (Å²) in [6, 6.07) is 2.40. The number of likely N-dealkylation sites (tertiary alicyclic amines) is 1. The maximum Gasteiger partial charge on any atom is 0.116 e. The smallest absolute Gasteiger partial charge is 0.116 e. The fraction of sp³-hybridized carbons (Fsp3) is 0.923. The van der Waals surface area contributed by atoms with Gasteiger partial charge < -0.3 is 4.90 Å². The first-order valence-electron chi connectivity index (χ1n) is 6.39. The Morgan fingerprint density at radius 2 is 2.12 bits per heavy atom. The van der Waals surface area contributed by atoms with E-state index in [0.717, 1.165) is 38.0 Å². The molecule has 3 nitrogen and oxygen atoms in total. The molecule has 0 aromatic heterocycles. The number of nitrogens with one attached hydrogen (secondary N) is 1. The summed E-state index contributed by atoms with van der Waals surface area (Å²) in [7, 11) is 0. The highest BCUT2D eigenvalue weighted by molar-refractivity contribution is 5.06. The van der Waals surface area contributed by atoms with Crippen molar-refractivity contribution in [3.05, 3.63) is 0 Å². The van der Waals surface area contributed by atoms with Crippen LogP contribution in [0.25, 0.3) is 0 Å². The highest BCUT2D eigenvalue weighted by Gasteiger charge is 2.29. The lowest BCUT2D eigenvalue weighted by Gasteiger charge is -2.38. The van der Waals surface area contributed by atoms with Gasteiger partial charge in [0.15, 0.2) is 0 Å². The monoisotopic (exact) mass is 223 g/mol. The summed E-state index contributed by atoms with van der Waals surface area (Å²) < 4.78 is 0. The van der Waals surface area contributed by atoms with Crippen molar-refractivity contribution in [2.45, 2.75) is 39.7 Å². The number of nitrogens with zero attached hydrogens (tertiary/aromatic N) is 2. The lowest BCUT2D eigenvalue weighted by atomic mass is 9.88. The van der Waals surface area contributed by atoms with Crippen LogP contribution >= 0.6 is 0 Å². The Morgan fingerprint density at radius 1 is 1.44 bits per heavy atom. The SMILES string of the molecule is CCNC(C)(C#N)CN1CCC(C)C(C)C1. The molecule has 0 radical (unpaired) electrons. The molecule has 3 unspecified atom stereocenters. The summed E-state index contributed by atoms with van der Waals surface area (Å²) in [4.78, 5) is 2.43. The molecule has 0 saturated carbocycles. The predicted molar refractivity (Wildman–Crippen MR) is 67.1 cm³/mol. The van der Waals surface area contributed by atoms with E-state index in [0.29, 0.717) is 0 Å². The van der Waals surface area contributed by atoms with E-state index in [1.165, 1.54) is 6.42 Å². The van der Waals surface area contributed by atoms with E-state index in [4.69, 9.17) is 0 Å². The largest absolute Gasteiger partial charge is 0.300 e. The molecule has 3 atom stereocenters. The van der Waals surface area contributed by atoms with Crippen LogP contribution in [-0.2, 0) is 0 Å². The van der Waals surface area contributed by atoms with Gasteiger partial charge in [0.1, 0.15) is 5.54 Å². The molecular weight excluding hydrogens is 198 g/mol. The topological polar surface area (TPSA) is 39.1 Å². The normalized spacial score (nSPS) is 30.7. The molecule has 1 heterocycles. The second-order valence-corrected chi connectivity index (χ2v) is 5.45. The van der Waals surface area contributed by atoms with Crippen molar-refractivity contribution in [2.24, 2.45) is 11.8 Å². The van der Waals surface area contributed by atoms with Gasteiger partial charge in [-0.1, -0.05) is 20.8 Å². The first-order valence-corrected chi connectivity index (χ1v) is 6.39.